The van der Waals surface area contributed by atoms with Gasteiger partial charge in [0, 0.05) is 34.8 Å². The number of benzene rings is 2. The second-order valence-corrected chi connectivity index (χ2v) is 6.53. The minimum atomic E-state index is -0.192. The van der Waals surface area contributed by atoms with E-state index in [0.29, 0.717) is 10.6 Å². The Bertz CT molecular complexity index is 935. The van der Waals surface area contributed by atoms with Crippen LogP contribution in [-0.4, -0.2) is 20.7 Å². The van der Waals surface area contributed by atoms with Gasteiger partial charge in [-0.25, -0.2) is 0 Å². The zero-order valence-corrected chi connectivity index (χ0v) is 14.3. The first-order valence-electron chi connectivity index (χ1n) is 8.30. The van der Waals surface area contributed by atoms with E-state index in [-0.39, 0.29) is 5.91 Å². The number of hydrogen-bond acceptors (Lipinski definition) is 3. The van der Waals surface area contributed by atoms with Crippen LogP contribution in [0.1, 0.15) is 29.0 Å². The van der Waals surface area contributed by atoms with Crippen LogP contribution in [0.5, 0.6) is 0 Å². The Labute approximate surface area is 150 Å². The van der Waals surface area contributed by atoms with Gasteiger partial charge in [0.2, 0.25) is 0 Å². The average molecular weight is 353 g/mol. The van der Waals surface area contributed by atoms with Crippen molar-refractivity contribution in [1.82, 2.24) is 14.8 Å². The normalized spacial score (nSPS) is 13.3. The third kappa shape index (κ3) is 3.28. The lowest BCUT2D eigenvalue weighted by Gasteiger charge is -2.15. The van der Waals surface area contributed by atoms with E-state index in [4.69, 9.17) is 11.6 Å². The zero-order valence-electron chi connectivity index (χ0n) is 13.6. The lowest BCUT2D eigenvalue weighted by Crippen LogP contribution is -2.12. The Balaban J connectivity index is 1.60. The molecule has 0 spiro atoms. The van der Waals surface area contributed by atoms with Crippen LogP contribution in [0.2, 0.25) is 5.02 Å². The summed E-state index contributed by atoms with van der Waals surface area (Å²) in [6.45, 7) is 0.941. The maximum Gasteiger partial charge on any atom is 0.255 e. The maximum absolute atomic E-state index is 12.4. The number of rotatable bonds is 3. The van der Waals surface area contributed by atoms with E-state index in [0.717, 1.165) is 48.7 Å². The fourth-order valence-electron chi connectivity index (χ4n) is 3.09. The van der Waals surface area contributed by atoms with Crippen LogP contribution in [0.25, 0.3) is 11.4 Å². The second-order valence-electron chi connectivity index (χ2n) is 6.09. The van der Waals surface area contributed by atoms with Gasteiger partial charge in [-0.2, -0.15) is 0 Å². The van der Waals surface area contributed by atoms with Crippen molar-refractivity contribution < 1.29 is 4.79 Å². The topological polar surface area (TPSA) is 59.8 Å². The molecule has 1 aromatic heterocycles. The summed E-state index contributed by atoms with van der Waals surface area (Å²) >= 11 is 5.95. The molecule has 1 amide bonds. The Morgan fingerprint density at radius 1 is 1.08 bits per heavy atom. The van der Waals surface area contributed by atoms with Crippen molar-refractivity contribution in [2.75, 3.05) is 5.32 Å². The molecule has 0 bridgehead atoms. The number of aromatic nitrogens is 3. The van der Waals surface area contributed by atoms with E-state index in [9.17, 15) is 4.79 Å². The van der Waals surface area contributed by atoms with Gasteiger partial charge >= 0.3 is 0 Å². The molecule has 3 aromatic rings. The molecule has 0 aliphatic carbocycles. The first-order chi connectivity index (χ1) is 12.2. The molecule has 0 radical (unpaired) electrons. The Morgan fingerprint density at radius 2 is 1.96 bits per heavy atom. The number of fused-ring (bicyclic) bond motifs is 1. The molecule has 1 N–H and O–H groups in total. The van der Waals surface area contributed by atoms with Gasteiger partial charge in [-0.15, -0.1) is 10.2 Å². The highest BCUT2D eigenvalue weighted by Crippen LogP contribution is 2.25. The summed E-state index contributed by atoms with van der Waals surface area (Å²) in [5, 5.41) is 12.1. The summed E-state index contributed by atoms with van der Waals surface area (Å²) in [6, 6.07) is 14.6. The van der Waals surface area contributed by atoms with Gasteiger partial charge in [-0.1, -0.05) is 29.8 Å². The van der Waals surface area contributed by atoms with Crippen molar-refractivity contribution in [3.8, 4) is 11.4 Å². The number of halogens is 1. The van der Waals surface area contributed by atoms with Gasteiger partial charge in [0.05, 0.1) is 0 Å². The molecule has 6 heteroatoms. The Morgan fingerprint density at radius 3 is 2.84 bits per heavy atom. The summed E-state index contributed by atoms with van der Waals surface area (Å²) in [5.41, 5.74) is 2.19. The molecular weight excluding hydrogens is 336 g/mol. The van der Waals surface area contributed by atoms with Gasteiger partial charge < -0.3 is 9.88 Å². The molecule has 0 saturated heterocycles. The number of nitrogens with one attached hydrogen (secondary N) is 1. The molecule has 2 aromatic carbocycles. The molecule has 126 valence electrons. The molecule has 0 fully saturated rings. The van der Waals surface area contributed by atoms with E-state index in [1.807, 2.05) is 24.3 Å². The molecule has 0 saturated carbocycles. The minimum Gasteiger partial charge on any atom is -0.322 e. The fraction of sp³-hybridized carbons (Fsp3) is 0.211. The highest BCUT2D eigenvalue weighted by atomic mass is 35.5. The van der Waals surface area contributed by atoms with Crippen LogP contribution in [0, 0.1) is 0 Å². The van der Waals surface area contributed by atoms with Crippen molar-refractivity contribution in [3.63, 3.8) is 0 Å². The van der Waals surface area contributed by atoms with Crippen LogP contribution in [0.3, 0.4) is 0 Å². The quantitative estimate of drug-likeness (QED) is 0.769. The van der Waals surface area contributed by atoms with E-state index >= 15 is 0 Å². The summed E-state index contributed by atoms with van der Waals surface area (Å²) in [5.74, 6) is 1.70. The van der Waals surface area contributed by atoms with Crippen LogP contribution in [0.4, 0.5) is 5.69 Å². The van der Waals surface area contributed by atoms with Crippen LogP contribution in [0.15, 0.2) is 48.5 Å². The first kappa shape index (κ1) is 15.8. The third-order valence-electron chi connectivity index (χ3n) is 4.32. The maximum atomic E-state index is 12.4. The standard InChI is InChI=1S/C19H17ClN4O/c20-15-7-3-6-14(11-15)19(25)21-16-8-4-5-13(12-16)18-23-22-17-9-1-2-10-24(17)18/h3-8,11-12H,1-2,9-10H2,(H,21,25). The average Bonchev–Trinajstić information content (AvgIpc) is 3.06. The zero-order chi connectivity index (χ0) is 17.2. The van der Waals surface area contributed by atoms with Crippen LogP contribution >= 0.6 is 11.6 Å². The largest absolute Gasteiger partial charge is 0.322 e. The van der Waals surface area contributed by atoms with Crippen molar-refractivity contribution >= 4 is 23.2 Å². The SMILES string of the molecule is O=C(Nc1cccc(-c2nnc3n2CCCC3)c1)c1cccc(Cl)c1. The number of carbonyl (C=O) groups is 1. The predicted octanol–water partition coefficient (Wildman–Crippen LogP) is 4.19. The first-order valence-corrected chi connectivity index (χ1v) is 8.68. The van der Waals surface area contributed by atoms with E-state index in [2.05, 4.69) is 20.1 Å². The van der Waals surface area contributed by atoms with Crippen molar-refractivity contribution in [2.45, 2.75) is 25.8 Å². The number of hydrogen-bond donors (Lipinski definition) is 1. The van der Waals surface area contributed by atoms with Crippen molar-refractivity contribution in [1.29, 1.82) is 0 Å². The molecule has 25 heavy (non-hydrogen) atoms. The number of carbonyl (C=O) groups excluding carboxylic acids is 1. The summed E-state index contributed by atoms with van der Waals surface area (Å²) in [7, 11) is 0. The molecule has 1 aliphatic heterocycles. The minimum absolute atomic E-state index is 0.192. The highest BCUT2D eigenvalue weighted by Gasteiger charge is 2.17. The van der Waals surface area contributed by atoms with Crippen LogP contribution < -0.4 is 5.32 Å². The Kier molecular flexibility index (Phi) is 4.24. The smallest absolute Gasteiger partial charge is 0.255 e. The molecule has 2 heterocycles. The van der Waals surface area contributed by atoms with Gasteiger partial charge in [0.15, 0.2) is 5.82 Å². The molecule has 0 atom stereocenters. The molecule has 4 rings (SSSR count). The number of amides is 1. The van der Waals surface area contributed by atoms with Gasteiger partial charge in [0.25, 0.3) is 5.91 Å². The molecule has 0 unspecified atom stereocenters. The van der Waals surface area contributed by atoms with Crippen molar-refractivity contribution in [2.24, 2.45) is 0 Å². The van der Waals surface area contributed by atoms with Crippen molar-refractivity contribution in [3.05, 3.63) is 64.9 Å². The monoisotopic (exact) mass is 352 g/mol. The molecular formula is C19H17ClN4O. The number of aryl methyl sites for hydroxylation is 1. The van der Waals surface area contributed by atoms with Gasteiger partial charge in [-0.05, 0) is 43.2 Å². The Hall–Kier alpha value is -2.66. The fourth-order valence-corrected chi connectivity index (χ4v) is 3.28. The summed E-state index contributed by atoms with van der Waals surface area (Å²) in [6.07, 6.45) is 3.27. The number of nitrogens with zero attached hydrogens (tertiary/aromatic N) is 3. The van der Waals surface area contributed by atoms with E-state index in [1.165, 1.54) is 0 Å². The number of anilines is 1. The lowest BCUT2D eigenvalue weighted by atomic mass is 10.1. The van der Waals surface area contributed by atoms with E-state index in [1.54, 1.807) is 24.3 Å². The summed E-state index contributed by atoms with van der Waals surface area (Å²) < 4.78 is 2.17. The third-order valence-corrected chi connectivity index (χ3v) is 4.56. The lowest BCUT2D eigenvalue weighted by molar-refractivity contribution is 0.102. The van der Waals surface area contributed by atoms with Gasteiger partial charge in [-0.3, -0.25) is 4.79 Å². The van der Waals surface area contributed by atoms with Crippen LogP contribution in [-0.2, 0) is 13.0 Å². The van der Waals surface area contributed by atoms with Gasteiger partial charge in [0.1, 0.15) is 5.82 Å². The highest BCUT2D eigenvalue weighted by molar-refractivity contribution is 6.31. The molecule has 5 nitrogen and oxygen atoms in total. The summed E-state index contributed by atoms with van der Waals surface area (Å²) in [4.78, 5) is 12.4. The second kappa shape index (κ2) is 6.69. The van der Waals surface area contributed by atoms with E-state index < -0.39 is 0 Å². The predicted molar refractivity (Wildman–Crippen MR) is 97.8 cm³/mol. The molecule has 1 aliphatic rings.